The van der Waals surface area contributed by atoms with Crippen LogP contribution in [0, 0.1) is 0 Å². The standard InChI is InChI=1S/C50H34N2O4S3/c53-42-29-19-25-11-3-4-12-26(25)20-30(29)43(54)40(42)51-35-23-33-37(49(35)15-7-1-8-16-49)38-47(57-33)48-39(50(38)17-9-2-10-18-50)46-34(58-48)24-36(59-46)52-41-44(55)31-21-27-13-5-6-14-28(27)22-32(31)45(41)56/h3-6,11-14,19-24H,1-2,7-10,15-18H2. The number of thiophene rings is 3. The molecule has 4 aliphatic carbocycles. The van der Waals surface area contributed by atoms with Crippen molar-refractivity contribution in [1.82, 2.24) is 0 Å². The Kier molecular flexibility index (Phi) is 7.03. The third-order valence-corrected chi connectivity index (χ3v) is 17.8. The molecule has 0 saturated heterocycles. The minimum atomic E-state index is -0.349. The molecule has 3 aromatic heterocycles. The number of rotatable bonds is 2. The molecule has 2 saturated carbocycles. The highest BCUT2D eigenvalue weighted by Gasteiger charge is 2.55. The van der Waals surface area contributed by atoms with Gasteiger partial charge in [-0.05, 0) is 94.8 Å². The van der Waals surface area contributed by atoms with Gasteiger partial charge < -0.3 is 0 Å². The second-order valence-corrected chi connectivity index (χ2v) is 20.3. The Morgan fingerprint density at radius 3 is 1.47 bits per heavy atom. The van der Waals surface area contributed by atoms with Crippen LogP contribution in [0.5, 0.6) is 0 Å². The molecule has 6 nitrogen and oxygen atoms in total. The molecule has 3 heterocycles. The van der Waals surface area contributed by atoms with E-state index in [1.165, 1.54) is 42.4 Å². The number of hydrogen-bond donors (Lipinski definition) is 0. The summed E-state index contributed by atoms with van der Waals surface area (Å²) in [5.74, 6) is 0. The Bertz CT molecular complexity index is 3600. The van der Waals surface area contributed by atoms with E-state index in [2.05, 4.69) is 12.1 Å². The monoisotopic (exact) mass is 822 g/mol. The number of nitrogens with zero attached hydrogens (tertiary/aromatic N) is 2. The molecule has 0 N–H and O–H groups in total. The molecule has 0 atom stereocenters. The zero-order valence-corrected chi connectivity index (χ0v) is 34.4. The molecule has 286 valence electrons. The zero-order chi connectivity index (χ0) is 39.4. The fourth-order valence-electron chi connectivity index (χ4n) is 11.5. The first-order chi connectivity index (χ1) is 28.8. The molecule has 6 aromatic carbocycles. The highest BCUT2D eigenvalue weighted by molar-refractivity contribution is 7.33. The molecule has 2 fully saturated rings. The van der Waals surface area contributed by atoms with Gasteiger partial charge in [-0.25, -0.2) is 9.98 Å². The van der Waals surface area contributed by atoms with Crippen LogP contribution in [0.1, 0.15) is 85.8 Å². The third kappa shape index (κ3) is 4.50. The maximum atomic E-state index is 14.0. The largest absolute Gasteiger partial charge is 0.287 e. The van der Waals surface area contributed by atoms with Crippen molar-refractivity contribution in [2.24, 2.45) is 9.98 Å². The normalized spacial score (nSPS) is 17.8. The summed E-state index contributed by atoms with van der Waals surface area (Å²) in [5.41, 5.74) is 3.51. The number of hydrogen-bond acceptors (Lipinski definition) is 9. The van der Waals surface area contributed by atoms with Gasteiger partial charge in [-0.2, -0.15) is 0 Å². The van der Waals surface area contributed by atoms with Gasteiger partial charge in [-0.15, -0.1) is 34.0 Å². The average Bonchev–Trinajstić information content (AvgIpc) is 4.10. The molecular formula is C50H34N2O4S3. The van der Waals surface area contributed by atoms with Crippen LogP contribution in [0.4, 0.5) is 5.00 Å². The van der Waals surface area contributed by atoms with Crippen molar-refractivity contribution >= 4 is 97.6 Å². The van der Waals surface area contributed by atoms with Crippen LogP contribution in [0.25, 0.3) is 68.3 Å². The molecule has 0 aliphatic heterocycles. The van der Waals surface area contributed by atoms with E-state index in [1.807, 2.05) is 95.5 Å². The lowest BCUT2D eigenvalue weighted by Gasteiger charge is -2.41. The van der Waals surface area contributed by atoms with E-state index < -0.39 is 0 Å². The first kappa shape index (κ1) is 34.4. The lowest BCUT2D eigenvalue weighted by Crippen LogP contribution is -2.37. The summed E-state index contributed by atoms with van der Waals surface area (Å²) >= 11 is 5.30. The summed E-state index contributed by atoms with van der Waals surface area (Å²) < 4.78 is 2.38. The zero-order valence-electron chi connectivity index (χ0n) is 31.9. The quantitative estimate of drug-likeness (QED) is 0.174. The van der Waals surface area contributed by atoms with Crippen molar-refractivity contribution in [3.63, 3.8) is 0 Å². The van der Waals surface area contributed by atoms with Gasteiger partial charge >= 0.3 is 0 Å². The predicted octanol–water partition coefficient (Wildman–Crippen LogP) is 10.4. The summed E-state index contributed by atoms with van der Waals surface area (Å²) in [5, 5.41) is 6.27. The fraction of sp³-hybridized carbons (Fsp3) is 0.240. The third-order valence-electron chi connectivity index (χ3n) is 14.2. The van der Waals surface area contributed by atoms with E-state index in [0.29, 0.717) is 26.5 Å². The van der Waals surface area contributed by atoms with Crippen LogP contribution in [0.15, 0.2) is 114 Å². The highest BCUT2D eigenvalue weighted by Crippen LogP contribution is 2.69. The van der Waals surface area contributed by atoms with Crippen molar-refractivity contribution < 1.29 is 0 Å². The van der Waals surface area contributed by atoms with Crippen molar-refractivity contribution in [2.75, 3.05) is 0 Å². The van der Waals surface area contributed by atoms with Crippen molar-refractivity contribution in [3.8, 4) is 9.75 Å². The molecule has 0 unspecified atom stereocenters. The Labute approximate surface area is 348 Å². The van der Waals surface area contributed by atoms with E-state index in [4.69, 9.17) is 9.98 Å². The summed E-state index contributed by atoms with van der Waals surface area (Å²) in [6.07, 6.45) is 13.0. The smallest absolute Gasteiger partial charge is 0.216 e. The van der Waals surface area contributed by atoms with Gasteiger partial charge in [0.05, 0.1) is 15.3 Å². The molecule has 0 bridgehead atoms. The molecule has 0 radical (unpaired) electrons. The van der Waals surface area contributed by atoms with Gasteiger partial charge in [0.1, 0.15) is 5.00 Å². The average molecular weight is 823 g/mol. The van der Waals surface area contributed by atoms with Gasteiger partial charge in [-0.3, -0.25) is 19.2 Å². The second kappa shape index (κ2) is 12.1. The van der Waals surface area contributed by atoms with Crippen LogP contribution in [0.2, 0.25) is 0 Å². The number of benzene rings is 4. The molecule has 13 rings (SSSR count). The number of allylic oxidation sites excluding steroid dienone is 1. The Hall–Kier alpha value is -5.48. The Morgan fingerprint density at radius 1 is 0.475 bits per heavy atom. The van der Waals surface area contributed by atoms with Crippen LogP contribution < -0.4 is 32.4 Å². The molecule has 59 heavy (non-hydrogen) atoms. The molecule has 4 aliphatic rings. The Balaban J connectivity index is 0.982. The van der Waals surface area contributed by atoms with E-state index in [-0.39, 0.29) is 43.3 Å². The molecule has 2 spiro atoms. The number of fused-ring (bicyclic) bond motifs is 14. The van der Waals surface area contributed by atoms with Crippen LogP contribution in [-0.2, 0) is 10.8 Å². The minimum absolute atomic E-state index is 0.000206. The summed E-state index contributed by atoms with van der Waals surface area (Å²) in [6, 6.07) is 25.1. The topological polar surface area (TPSA) is 93.0 Å². The first-order valence-corrected chi connectivity index (χ1v) is 23.2. The molecule has 9 aromatic rings. The lowest BCUT2D eigenvalue weighted by atomic mass is 9.62. The maximum Gasteiger partial charge on any atom is 0.216 e. The first-order valence-electron chi connectivity index (χ1n) is 20.7. The van der Waals surface area contributed by atoms with Gasteiger partial charge in [0.25, 0.3) is 0 Å². The Morgan fingerprint density at radius 2 is 0.949 bits per heavy atom. The fourth-order valence-corrected chi connectivity index (χ4v) is 15.8. The van der Waals surface area contributed by atoms with Crippen LogP contribution >= 0.6 is 34.0 Å². The SMILES string of the molecule is O=c1c(=NC2=Cc3sc4c(c3C23CCCCC3)C2(CCCCC2)c2c-4sc3cc(N=c4c(=O)c5cc6ccccc6cc5c4=O)sc23)c(=O)c2cc3ccccc3cc12. The summed E-state index contributed by atoms with van der Waals surface area (Å²) in [7, 11) is 0. The second-order valence-electron chi connectivity index (χ2n) is 17.2. The molecule has 9 heteroatoms. The summed E-state index contributed by atoms with van der Waals surface area (Å²) in [6.45, 7) is 0. The lowest BCUT2D eigenvalue weighted by molar-refractivity contribution is 0.320. The highest BCUT2D eigenvalue weighted by atomic mass is 32.1. The summed E-state index contributed by atoms with van der Waals surface area (Å²) in [4.78, 5) is 69.4. The molecule has 0 amide bonds. The van der Waals surface area contributed by atoms with Gasteiger partial charge in [-0.1, -0.05) is 87.1 Å². The van der Waals surface area contributed by atoms with E-state index in [9.17, 15) is 19.2 Å². The van der Waals surface area contributed by atoms with Crippen molar-refractivity contribution in [1.29, 1.82) is 0 Å². The maximum absolute atomic E-state index is 14.0. The predicted molar refractivity (Wildman–Crippen MR) is 243 cm³/mol. The van der Waals surface area contributed by atoms with Gasteiger partial charge in [0.2, 0.25) is 21.7 Å². The van der Waals surface area contributed by atoms with Crippen LogP contribution in [0.3, 0.4) is 0 Å². The molecular weight excluding hydrogens is 789 g/mol. The van der Waals surface area contributed by atoms with E-state index >= 15 is 0 Å². The van der Waals surface area contributed by atoms with Gasteiger partial charge in [0.15, 0.2) is 10.7 Å². The van der Waals surface area contributed by atoms with E-state index in [1.54, 1.807) is 11.3 Å². The minimum Gasteiger partial charge on any atom is -0.287 e. The van der Waals surface area contributed by atoms with Crippen molar-refractivity contribution in [2.45, 2.75) is 75.0 Å². The van der Waals surface area contributed by atoms with E-state index in [0.717, 1.165) is 89.7 Å². The van der Waals surface area contributed by atoms with Crippen LogP contribution in [-0.4, -0.2) is 0 Å². The van der Waals surface area contributed by atoms with Gasteiger partial charge in [0, 0.05) is 52.4 Å². The van der Waals surface area contributed by atoms with Crippen molar-refractivity contribution in [3.05, 3.63) is 158 Å².